The molecule has 1 N–H and O–H groups in total. The smallest absolute Gasteiger partial charge is 0.223 e. The average Bonchev–Trinajstić information content (AvgIpc) is 3.18. The van der Waals surface area contributed by atoms with Gasteiger partial charge in [-0.25, -0.2) is 9.37 Å². The summed E-state index contributed by atoms with van der Waals surface area (Å²) in [5, 5.41) is 3.95. The Morgan fingerprint density at radius 1 is 1.30 bits per heavy atom. The molecule has 3 rings (SSSR count). The van der Waals surface area contributed by atoms with Crippen molar-refractivity contribution in [3.63, 3.8) is 0 Å². The van der Waals surface area contributed by atoms with Crippen LogP contribution >= 0.6 is 11.3 Å². The lowest BCUT2D eigenvalue weighted by Gasteiger charge is -2.08. The summed E-state index contributed by atoms with van der Waals surface area (Å²) in [5.41, 5.74) is 2.06. The average molecular weight is 332 g/mol. The molecular weight excluding hydrogens is 311 g/mol. The van der Waals surface area contributed by atoms with Crippen molar-refractivity contribution in [3.05, 3.63) is 51.2 Å². The second kappa shape index (κ2) is 7.21. The van der Waals surface area contributed by atoms with Gasteiger partial charge in [0, 0.05) is 17.2 Å². The Morgan fingerprint density at radius 3 is 2.70 bits per heavy atom. The maximum atomic E-state index is 13.0. The van der Waals surface area contributed by atoms with Gasteiger partial charge in [0.1, 0.15) is 10.8 Å². The number of hydrogen-bond donors (Lipinski definition) is 1. The van der Waals surface area contributed by atoms with Crippen LogP contribution in [0.2, 0.25) is 0 Å². The number of rotatable bonds is 5. The third kappa shape index (κ3) is 4.16. The molecule has 0 atom stereocenters. The molecule has 3 nitrogen and oxygen atoms in total. The van der Waals surface area contributed by atoms with Crippen LogP contribution in [0.1, 0.15) is 46.8 Å². The van der Waals surface area contributed by atoms with Crippen molar-refractivity contribution < 1.29 is 9.18 Å². The molecule has 0 radical (unpaired) electrons. The first-order chi connectivity index (χ1) is 11.1. The molecule has 2 aromatic rings. The zero-order valence-electron chi connectivity index (χ0n) is 13.3. The van der Waals surface area contributed by atoms with E-state index in [2.05, 4.69) is 10.3 Å². The molecule has 0 bridgehead atoms. The quantitative estimate of drug-likeness (QED) is 0.899. The van der Waals surface area contributed by atoms with Crippen molar-refractivity contribution in [2.45, 2.75) is 45.6 Å². The zero-order valence-corrected chi connectivity index (χ0v) is 14.1. The van der Waals surface area contributed by atoms with E-state index < -0.39 is 0 Å². The Bertz CT molecular complexity index is 675. The molecule has 1 fully saturated rings. The fourth-order valence-electron chi connectivity index (χ4n) is 3.01. The first-order valence-electron chi connectivity index (χ1n) is 8.09. The van der Waals surface area contributed by atoms with Crippen LogP contribution in [0.4, 0.5) is 4.39 Å². The number of nitrogens with zero attached hydrogens (tertiary/aromatic N) is 1. The Hall–Kier alpha value is -1.75. The van der Waals surface area contributed by atoms with Crippen LogP contribution in [0.5, 0.6) is 0 Å². The van der Waals surface area contributed by atoms with Crippen molar-refractivity contribution in [2.75, 3.05) is 0 Å². The minimum absolute atomic E-state index is 0.162. The predicted octanol–water partition coefficient (Wildman–Crippen LogP) is 3.99. The van der Waals surface area contributed by atoms with E-state index in [1.54, 1.807) is 23.5 Å². The standard InChI is InChI=1S/C18H21FN2OS/c1-12-16(10-13-6-8-15(19)9-7-13)23-17(21-12)11-20-18(22)14-4-2-3-5-14/h6-9,14H,2-5,10-11H2,1H3,(H,20,22). The minimum Gasteiger partial charge on any atom is -0.349 e. The largest absolute Gasteiger partial charge is 0.349 e. The number of carbonyl (C=O) groups excluding carboxylic acids is 1. The molecule has 1 heterocycles. The number of amides is 1. The van der Waals surface area contributed by atoms with E-state index in [9.17, 15) is 9.18 Å². The second-order valence-corrected chi connectivity index (χ2v) is 7.29. The van der Waals surface area contributed by atoms with Crippen LogP contribution in [0.25, 0.3) is 0 Å². The van der Waals surface area contributed by atoms with E-state index in [-0.39, 0.29) is 17.6 Å². The summed E-state index contributed by atoms with van der Waals surface area (Å²) in [4.78, 5) is 17.8. The highest BCUT2D eigenvalue weighted by Gasteiger charge is 2.22. The van der Waals surface area contributed by atoms with E-state index in [0.29, 0.717) is 6.54 Å². The van der Waals surface area contributed by atoms with Gasteiger partial charge in [0.15, 0.2) is 0 Å². The number of nitrogens with one attached hydrogen (secondary N) is 1. The van der Waals surface area contributed by atoms with Crippen LogP contribution < -0.4 is 5.32 Å². The van der Waals surface area contributed by atoms with E-state index in [4.69, 9.17) is 0 Å². The summed E-state index contributed by atoms with van der Waals surface area (Å²) in [7, 11) is 0. The first-order valence-corrected chi connectivity index (χ1v) is 8.91. The summed E-state index contributed by atoms with van der Waals surface area (Å²) < 4.78 is 13.0. The molecule has 1 saturated carbocycles. The van der Waals surface area contributed by atoms with Gasteiger partial charge in [0.2, 0.25) is 5.91 Å². The minimum atomic E-state index is -0.218. The third-order valence-electron chi connectivity index (χ3n) is 4.35. The molecule has 5 heteroatoms. The van der Waals surface area contributed by atoms with Gasteiger partial charge in [-0.1, -0.05) is 25.0 Å². The Kier molecular flexibility index (Phi) is 5.06. The third-order valence-corrected chi connectivity index (χ3v) is 5.51. The highest BCUT2D eigenvalue weighted by Crippen LogP contribution is 2.25. The number of aromatic nitrogens is 1. The van der Waals surface area contributed by atoms with Crippen molar-refractivity contribution in [2.24, 2.45) is 5.92 Å². The zero-order chi connectivity index (χ0) is 16.2. The molecule has 0 unspecified atom stereocenters. The molecule has 0 saturated heterocycles. The fraction of sp³-hybridized carbons (Fsp3) is 0.444. The van der Waals surface area contributed by atoms with Crippen LogP contribution in [0.3, 0.4) is 0 Å². The molecule has 23 heavy (non-hydrogen) atoms. The van der Waals surface area contributed by atoms with E-state index in [0.717, 1.165) is 48.4 Å². The predicted molar refractivity (Wildman–Crippen MR) is 89.9 cm³/mol. The molecule has 0 spiro atoms. The summed E-state index contributed by atoms with van der Waals surface area (Å²) in [6, 6.07) is 6.56. The van der Waals surface area contributed by atoms with Crippen molar-refractivity contribution in [3.8, 4) is 0 Å². The number of halogens is 1. The molecule has 1 amide bonds. The van der Waals surface area contributed by atoms with Gasteiger partial charge < -0.3 is 5.32 Å². The lowest BCUT2D eigenvalue weighted by Crippen LogP contribution is -2.28. The molecule has 1 aromatic heterocycles. The van der Waals surface area contributed by atoms with E-state index in [1.165, 1.54) is 17.0 Å². The fourth-order valence-corrected chi connectivity index (χ4v) is 4.05. The van der Waals surface area contributed by atoms with Gasteiger partial charge >= 0.3 is 0 Å². The van der Waals surface area contributed by atoms with Gasteiger partial charge in [0.05, 0.1) is 12.2 Å². The van der Waals surface area contributed by atoms with Gasteiger partial charge in [-0.15, -0.1) is 11.3 Å². The van der Waals surface area contributed by atoms with Gasteiger partial charge in [-0.3, -0.25) is 4.79 Å². The summed E-state index contributed by atoms with van der Waals surface area (Å²) >= 11 is 1.62. The highest BCUT2D eigenvalue weighted by molar-refractivity contribution is 7.11. The number of carbonyl (C=O) groups is 1. The van der Waals surface area contributed by atoms with E-state index >= 15 is 0 Å². The Morgan fingerprint density at radius 2 is 2.00 bits per heavy atom. The summed E-state index contributed by atoms with van der Waals surface area (Å²) in [6.07, 6.45) is 5.10. The lowest BCUT2D eigenvalue weighted by molar-refractivity contribution is -0.124. The molecule has 1 aliphatic carbocycles. The summed E-state index contributed by atoms with van der Waals surface area (Å²) in [5.74, 6) is 0.135. The second-order valence-electron chi connectivity index (χ2n) is 6.12. The molecule has 1 aromatic carbocycles. The normalized spacial score (nSPS) is 15.0. The monoisotopic (exact) mass is 332 g/mol. The maximum absolute atomic E-state index is 13.0. The van der Waals surface area contributed by atoms with Crippen molar-refractivity contribution >= 4 is 17.2 Å². The Balaban J connectivity index is 1.59. The van der Waals surface area contributed by atoms with Gasteiger partial charge in [-0.2, -0.15) is 0 Å². The number of aryl methyl sites for hydroxylation is 1. The first kappa shape index (κ1) is 16.1. The highest BCUT2D eigenvalue weighted by atomic mass is 32.1. The Labute approximate surface area is 140 Å². The molecular formula is C18H21FN2OS. The molecule has 0 aliphatic heterocycles. The van der Waals surface area contributed by atoms with Crippen LogP contribution in [0, 0.1) is 18.7 Å². The van der Waals surface area contributed by atoms with Crippen LogP contribution in [-0.4, -0.2) is 10.9 Å². The lowest BCUT2D eigenvalue weighted by atomic mass is 10.1. The van der Waals surface area contributed by atoms with Crippen LogP contribution in [0.15, 0.2) is 24.3 Å². The van der Waals surface area contributed by atoms with Crippen molar-refractivity contribution in [1.29, 1.82) is 0 Å². The van der Waals surface area contributed by atoms with Crippen molar-refractivity contribution in [1.82, 2.24) is 10.3 Å². The molecule has 122 valence electrons. The van der Waals surface area contributed by atoms with Gasteiger partial charge in [-0.05, 0) is 37.5 Å². The SMILES string of the molecule is Cc1nc(CNC(=O)C2CCCC2)sc1Cc1ccc(F)cc1. The maximum Gasteiger partial charge on any atom is 0.223 e. The van der Waals surface area contributed by atoms with Crippen LogP contribution in [-0.2, 0) is 17.8 Å². The van der Waals surface area contributed by atoms with E-state index in [1.807, 2.05) is 6.92 Å². The van der Waals surface area contributed by atoms with Gasteiger partial charge in [0.25, 0.3) is 0 Å². The summed E-state index contributed by atoms with van der Waals surface area (Å²) in [6.45, 7) is 2.49. The molecule has 1 aliphatic rings. The number of benzene rings is 1. The number of hydrogen-bond acceptors (Lipinski definition) is 3. The number of thiazole rings is 1. The topological polar surface area (TPSA) is 42.0 Å².